The van der Waals surface area contributed by atoms with Gasteiger partial charge in [-0.1, -0.05) is 23.8 Å². The van der Waals surface area contributed by atoms with Crippen molar-refractivity contribution in [3.63, 3.8) is 0 Å². The molecule has 1 unspecified atom stereocenters. The molecule has 0 saturated heterocycles. The first-order chi connectivity index (χ1) is 8.41. The summed E-state index contributed by atoms with van der Waals surface area (Å²) in [4.78, 5) is 22.0. The Morgan fingerprint density at radius 1 is 1.33 bits per heavy atom. The Hall–Kier alpha value is -1.84. The molecule has 98 valence electrons. The van der Waals surface area contributed by atoms with Gasteiger partial charge in [0.25, 0.3) is 0 Å². The number of hydrogen-bond donors (Lipinski definition) is 2. The lowest BCUT2D eigenvalue weighted by Crippen LogP contribution is -2.34. The Kier molecular flexibility index (Phi) is 4.89. The second-order valence-corrected chi connectivity index (χ2v) is 4.53. The normalized spacial score (nSPS) is 11.9. The molecule has 1 atom stereocenters. The molecule has 1 aromatic carbocycles. The topological polar surface area (TPSA) is 66.4 Å². The summed E-state index contributed by atoms with van der Waals surface area (Å²) >= 11 is 0. The van der Waals surface area contributed by atoms with Crippen LogP contribution >= 0.6 is 0 Å². The summed E-state index contributed by atoms with van der Waals surface area (Å²) in [7, 11) is 0. The van der Waals surface area contributed by atoms with E-state index in [4.69, 9.17) is 5.11 Å². The Morgan fingerprint density at radius 3 is 2.61 bits per heavy atom. The molecule has 0 heterocycles. The minimum Gasteiger partial charge on any atom is -0.481 e. The predicted molar refractivity (Wildman–Crippen MR) is 69.4 cm³/mol. The van der Waals surface area contributed by atoms with Crippen LogP contribution in [0.2, 0.25) is 0 Å². The van der Waals surface area contributed by atoms with Gasteiger partial charge in [0.2, 0.25) is 5.91 Å². The number of hydrogen-bond acceptors (Lipinski definition) is 2. The Bertz CT molecular complexity index is 454. The highest BCUT2D eigenvalue weighted by Gasteiger charge is 2.19. The van der Waals surface area contributed by atoms with E-state index in [2.05, 4.69) is 11.4 Å². The number of aryl methyl sites for hydroxylation is 2. The minimum atomic E-state index is -1.10. The molecule has 2 N–H and O–H groups in total. The molecular formula is C14H19NO3. The second kappa shape index (κ2) is 6.19. The first-order valence-corrected chi connectivity index (χ1v) is 5.98. The van der Waals surface area contributed by atoms with Crippen LogP contribution in [0.5, 0.6) is 0 Å². The molecule has 4 heteroatoms. The van der Waals surface area contributed by atoms with Crippen LogP contribution in [-0.4, -0.2) is 23.5 Å². The summed E-state index contributed by atoms with van der Waals surface area (Å²) < 4.78 is 0. The number of amides is 1. The first kappa shape index (κ1) is 14.2. The van der Waals surface area contributed by atoms with E-state index in [-0.39, 0.29) is 0 Å². The van der Waals surface area contributed by atoms with E-state index in [1.165, 1.54) is 23.6 Å². The van der Waals surface area contributed by atoms with Crippen molar-refractivity contribution in [3.05, 3.63) is 34.9 Å². The molecule has 1 rings (SSSR count). The van der Waals surface area contributed by atoms with Gasteiger partial charge in [-0.3, -0.25) is 9.59 Å². The van der Waals surface area contributed by atoms with Gasteiger partial charge in [0.05, 0.1) is 0 Å². The molecular weight excluding hydrogens is 230 g/mol. The van der Waals surface area contributed by atoms with Crippen molar-refractivity contribution in [2.75, 3.05) is 6.54 Å². The molecule has 0 spiro atoms. The van der Waals surface area contributed by atoms with E-state index in [0.717, 1.165) is 0 Å². The van der Waals surface area contributed by atoms with Gasteiger partial charge < -0.3 is 10.4 Å². The lowest BCUT2D eigenvalue weighted by molar-refractivity contribution is -0.146. The van der Waals surface area contributed by atoms with Crippen molar-refractivity contribution in [2.45, 2.75) is 27.2 Å². The number of aliphatic carboxylic acids is 1. The number of benzene rings is 1. The molecule has 4 nitrogen and oxygen atoms in total. The molecule has 0 aliphatic carbocycles. The van der Waals surface area contributed by atoms with Gasteiger partial charge >= 0.3 is 5.97 Å². The third kappa shape index (κ3) is 3.87. The van der Waals surface area contributed by atoms with Crippen molar-refractivity contribution >= 4 is 11.9 Å². The molecule has 0 bridgehead atoms. The predicted octanol–water partition coefficient (Wildman–Crippen LogP) is 1.68. The Balaban J connectivity index is 2.49. The minimum absolute atomic E-state index is 0.437. The lowest BCUT2D eigenvalue weighted by atomic mass is 10.0. The zero-order valence-corrected chi connectivity index (χ0v) is 11.0. The highest BCUT2D eigenvalue weighted by Crippen LogP contribution is 2.10. The number of nitrogens with one attached hydrogen (secondary N) is 1. The third-order valence-electron chi connectivity index (χ3n) is 2.96. The average Bonchev–Trinajstić information content (AvgIpc) is 2.32. The van der Waals surface area contributed by atoms with Crippen LogP contribution in [0.3, 0.4) is 0 Å². The van der Waals surface area contributed by atoms with Crippen LogP contribution in [0.1, 0.15) is 23.6 Å². The van der Waals surface area contributed by atoms with Crippen molar-refractivity contribution in [1.82, 2.24) is 5.32 Å². The number of rotatable bonds is 5. The number of carboxylic acids is 1. The second-order valence-electron chi connectivity index (χ2n) is 4.53. The zero-order valence-electron chi connectivity index (χ0n) is 11.0. The van der Waals surface area contributed by atoms with Gasteiger partial charge in [0.1, 0.15) is 5.92 Å². The quantitative estimate of drug-likeness (QED) is 0.780. The third-order valence-corrected chi connectivity index (χ3v) is 2.96. The molecule has 18 heavy (non-hydrogen) atoms. The van der Waals surface area contributed by atoms with Gasteiger partial charge in [0, 0.05) is 6.54 Å². The van der Waals surface area contributed by atoms with Crippen molar-refractivity contribution in [3.8, 4) is 0 Å². The average molecular weight is 249 g/mol. The maximum Gasteiger partial charge on any atom is 0.315 e. The summed E-state index contributed by atoms with van der Waals surface area (Å²) in [5, 5.41) is 11.3. The van der Waals surface area contributed by atoms with Gasteiger partial charge in [-0.25, -0.2) is 0 Å². The molecule has 0 saturated carbocycles. The lowest BCUT2D eigenvalue weighted by Gasteiger charge is -2.10. The number of carbonyl (C=O) groups excluding carboxylic acids is 1. The van der Waals surface area contributed by atoms with Gasteiger partial charge in [-0.05, 0) is 38.3 Å². The Labute approximate surface area is 107 Å². The summed E-state index contributed by atoms with van der Waals surface area (Å²) in [6, 6.07) is 6.18. The first-order valence-electron chi connectivity index (χ1n) is 5.98. The van der Waals surface area contributed by atoms with E-state index in [1.54, 1.807) is 0 Å². The van der Waals surface area contributed by atoms with E-state index >= 15 is 0 Å². The summed E-state index contributed by atoms with van der Waals surface area (Å²) in [6.45, 7) is 5.89. The van der Waals surface area contributed by atoms with Crippen LogP contribution < -0.4 is 5.32 Å². The molecule has 1 aromatic rings. The highest BCUT2D eigenvalue weighted by atomic mass is 16.4. The largest absolute Gasteiger partial charge is 0.481 e. The van der Waals surface area contributed by atoms with Crippen LogP contribution in [0.4, 0.5) is 0 Å². The van der Waals surface area contributed by atoms with E-state index in [9.17, 15) is 9.59 Å². The SMILES string of the molecule is Cc1ccc(C)c(CCNC(=O)C(C)C(=O)O)c1. The number of carbonyl (C=O) groups is 2. The van der Waals surface area contributed by atoms with Crippen molar-refractivity contribution < 1.29 is 14.7 Å². The summed E-state index contributed by atoms with van der Waals surface area (Å²) in [5.41, 5.74) is 3.54. The smallest absolute Gasteiger partial charge is 0.315 e. The standard InChI is InChI=1S/C14H19NO3/c1-9-4-5-10(2)12(8-9)6-7-15-13(16)11(3)14(17)18/h4-5,8,11H,6-7H2,1-3H3,(H,15,16)(H,17,18). The summed E-state index contributed by atoms with van der Waals surface area (Å²) in [5.74, 6) is -2.53. The van der Waals surface area contributed by atoms with Crippen LogP contribution in [0.15, 0.2) is 18.2 Å². The van der Waals surface area contributed by atoms with E-state index in [1.807, 2.05) is 26.0 Å². The fraction of sp³-hybridized carbons (Fsp3) is 0.429. The van der Waals surface area contributed by atoms with Gasteiger partial charge in [0.15, 0.2) is 0 Å². The van der Waals surface area contributed by atoms with Crippen molar-refractivity contribution in [2.24, 2.45) is 5.92 Å². The molecule has 1 amide bonds. The molecule has 0 aliphatic heterocycles. The maximum atomic E-state index is 11.4. The van der Waals surface area contributed by atoms with Crippen LogP contribution in [0, 0.1) is 19.8 Å². The van der Waals surface area contributed by atoms with Gasteiger partial charge in [-0.2, -0.15) is 0 Å². The highest BCUT2D eigenvalue weighted by molar-refractivity contribution is 5.96. The molecule has 0 aromatic heterocycles. The fourth-order valence-corrected chi connectivity index (χ4v) is 1.66. The van der Waals surface area contributed by atoms with Crippen LogP contribution in [-0.2, 0) is 16.0 Å². The van der Waals surface area contributed by atoms with E-state index in [0.29, 0.717) is 13.0 Å². The Morgan fingerprint density at radius 2 is 2.00 bits per heavy atom. The van der Waals surface area contributed by atoms with Gasteiger partial charge in [-0.15, -0.1) is 0 Å². The maximum absolute atomic E-state index is 11.4. The van der Waals surface area contributed by atoms with Crippen molar-refractivity contribution in [1.29, 1.82) is 0 Å². The fourth-order valence-electron chi connectivity index (χ4n) is 1.66. The monoisotopic (exact) mass is 249 g/mol. The molecule has 0 aliphatic rings. The molecule has 0 fully saturated rings. The molecule has 0 radical (unpaired) electrons. The van der Waals surface area contributed by atoms with Crippen LogP contribution in [0.25, 0.3) is 0 Å². The zero-order chi connectivity index (χ0) is 13.7. The van der Waals surface area contributed by atoms with E-state index < -0.39 is 17.8 Å². The number of carboxylic acid groups (broad SMARTS) is 1. The summed E-state index contributed by atoms with van der Waals surface area (Å²) in [6.07, 6.45) is 0.714.